The molecule has 158 valence electrons. The van der Waals surface area contributed by atoms with E-state index in [-0.39, 0.29) is 11.8 Å². The number of nitrogens with zero attached hydrogens (tertiary/aromatic N) is 6. The number of aromatic nitrogens is 2. The molecule has 0 atom stereocenters. The number of anilines is 1. The fourth-order valence-electron chi connectivity index (χ4n) is 4.67. The molecule has 2 amide bonds. The summed E-state index contributed by atoms with van der Waals surface area (Å²) in [5.41, 5.74) is 0. The molecule has 0 spiro atoms. The van der Waals surface area contributed by atoms with Crippen LogP contribution in [0.5, 0.6) is 0 Å². The molecule has 0 radical (unpaired) electrons. The second kappa shape index (κ2) is 9.52. The molecule has 1 saturated carbocycles. The van der Waals surface area contributed by atoms with E-state index in [0.29, 0.717) is 25.5 Å². The van der Waals surface area contributed by atoms with Gasteiger partial charge in [-0.25, -0.2) is 9.97 Å². The number of hydrogen-bond donors (Lipinski definition) is 0. The van der Waals surface area contributed by atoms with Crippen LogP contribution in [0.3, 0.4) is 0 Å². The number of amides is 2. The Bertz CT molecular complexity index is 686. The predicted molar refractivity (Wildman–Crippen MR) is 110 cm³/mol. The summed E-state index contributed by atoms with van der Waals surface area (Å²) in [6.07, 6.45) is 8.84. The van der Waals surface area contributed by atoms with Gasteiger partial charge in [-0.15, -0.1) is 0 Å². The van der Waals surface area contributed by atoms with E-state index in [0.717, 1.165) is 64.5 Å². The first kappa shape index (κ1) is 20.1. The van der Waals surface area contributed by atoms with Crippen LogP contribution in [0.25, 0.3) is 0 Å². The number of rotatable bonds is 4. The van der Waals surface area contributed by atoms with Crippen molar-refractivity contribution in [3.63, 3.8) is 0 Å². The second-order valence-electron chi connectivity index (χ2n) is 8.35. The molecule has 4 rings (SSSR count). The van der Waals surface area contributed by atoms with Crippen LogP contribution in [-0.2, 0) is 9.59 Å². The molecule has 8 nitrogen and oxygen atoms in total. The van der Waals surface area contributed by atoms with Gasteiger partial charge in [0.25, 0.3) is 0 Å². The zero-order valence-electron chi connectivity index (χ0n) is 17.2. The zero-order valence-corrected chi connectivity index (χ0v) is 17.2. The zero-order chi connectivity index (χ0) is 20.1. The van der Waals surface area contributed by atoms with Crippen molar-refractivity contribution in [1.82, 2.24) is 24.7 Å². The van der Waals surface area contributed by atoms with Crippen molar-refractivity contribution in [1.29, 1.82) is 0 Å². The summed E-state index contributed by atoms with van der Waals surface area (Å²) in [4.78, 5) is 42.5. The summed E-state index contributed by atoms with van der Waals surface area (Å²) in [5, 5.41) is 0. The molecule has 0 aromatic carbocycles. The smallest absolute Gasteiger partial charge is 0.236 e. The Morgan fingerprint density at radius 1 is 0.828 bits per heavy atom. The fourth-order valence-corrected chi connectivity index (χ4v) is 4.67. The Labute approximate surface area is 172 Å². The van der Waals surface area contributed by atoms with Gasteiger partial charge in [0.1, 0.15) is 0 Å². The van der Waals surface area contributed by atoms with E-state index in [1.54, 1.807) is 12.4 Å². The Kier molecular flexibility index (Phi) is 6.59. The van der Waals surface area contributed by atoms with E-state index in [9.17, 15) is 9.59 Å². The van der Waals surface area contributed by atoms with Crippen LogP contribution in [0.1, 0.15) is 32.1 Å². The van der Waals surface area contributed by atoms with Crippen molar-refractivity contribution < 1.29 is 9.59 Å². The molecule has 0 unspecified atom stereocenters. The van der Waals surface area contributed by atoms with Crippen molar-refractivity contribution >= 4 is 17.8 Å². The number of carbonyl (C=O) groups is 2. The molecule has 2 saturated heterocycles. The highest BCUT2D eigenvalue weighted by Gasteiger charge is 2.30. The van der Waals surface area contributed by atoms with Crippen LogP contribution in [0.4, 0.5) is 5.95 Å². The van der Waals surface area contributed by atoms with E-state index >= 15 is 0 Å². The van der Waals surface area contributed by atoms with Gasteiger partial charge in [-0.1, -0.05) is 12.8 Å². The van der Waals surface area contributed by atoms with Gasteiger partial charge in [0.05, 0.1) is 6.54 Å². The average Bonchev–Trinajstić information content (AvgIpc) is 3.19. The van der Waals surface area contributed by atoms with Crippen LogP contribution in [0.15, 0.2) is 18.5 Å². The normalized spacial score (nSPS) is 22.0. The summed E-state index contributed by atoms with van der Waals surface area (Å²) in [6, 6.07) is 1.82. The molecule has 3 heterocycles. The van der Waals surface area contributed by atoms with E-state index < -0.39 is 0 Å². The second-order valence-corrected chi connectivity index (χ2v) is 8.35. The maximum Gasteiger partial charge on any atom is 0.236 e. The minimum Gasteiger partial charge on any atom is -0.341 e. The lowest BCUT2D eigenvalue weighted by Gasteiger charge is -2.35. The van der Waals surface area contributed by atoms with Gasteiger partial charge >= 0.3 is 0 Å². The lowest BCUT2D eigenvalue weighted by molar-refractivity contribution is -0.136. The molecule has 1 aliphatic carbocycles. The molecule has 0 N–H and O–H groups in total. The van der Waals surface area contributed by atoms with Crippen LogP contribution in [0.2, 0.25) is 0 Å². The first-order valence-corrected chi connectivity index (χ1v) is 11.0. The van der Waals surface area contributed by atoms with Crippen LogP contribution < -0.4 is 4.90 Å². The fraction of sp³-hybridized carbons (Fsp3) is 0.714. The molecule has 29 heavy (non-hydrogen) atoms. The molecule has 8 heteroatoms. The molecule has 0 bridgehead atoms. The largest absolute Gasteiger partial charge is 0.341 e. The average molecular weight is 401 g/mol. The highest BCUT2D eigenvalue weighted by Crippen LogP contribution is 2.27. The van der Waals surface area contributed by atoms with Crippen LogP contribution >= 0.6 is 0 Å². The third-order valence-corrected chi connectivity index (χ3v) is 6.43. The maximum absolute atomic E-state index is 12.8. The molecule has 1 aromatic rings. The van der Waals surface area contributed by atoms with E-state index in [1.165, 1.54) is 12.8 Å². The van der Waals surface area contributed by atoms with E-state index in [4.69, 9.17) is 0 Å². The Hall–Kier alpha value is -2.22. The van der Waals surface area contributed by atoms with E-state index in [2.05, 4.69) is 19.8 Å². The minimum atomic E-state index is 0.185. The van der Waals surface area contributed by atoms with E-state index in [1.807, 2.05) is 15.9 Å². The summed E-state index contributed by atoms with van der Waals surface area (Å²) in [6.45, 7) is 6.69. The van der Waals surface area contributed by atoms with Crippen molar-refractivity contribution in [2.24, 2.45) is 5.92 Å². The van der Waals surface area contributed by atoms with Gasteiger partial charge in [0.2, 0.25) is 17.8 Å². The molecular formula is C21H32N6O2. The molecule has 2 aliphatic heterocycles. The molecule has 3 fully saturated rings. The summed E-state index contributed by atoms with van der Waals surface area (Å²) in [5.74, 6) is 1.49. The Balaban J connectivity index is 1.22. The number of carbonyl (C=O) groups excluding carboxylic acids is 2. The van der Waals surface area contributed by atoms with Crippen molar-refractivity contribution in [2.75, 3.05) is 63.8 Å². The van der Waals surface area contributed by atoms with Crippen molar-refractivity contribution in [3.05, 3.63) is 18.5 Å². The van der Waals surface area contributed by atoms with Gasteiger partial charge in [0, 0.05) is 70.7 Å². The lowest BCUT2D eigenvalue weighted by Crippen LogP contribution is -2.51. The Morgan fingerprint density at radius 3 is 2.21 bits per heavy atom. The molecule has 1 aromatic heterocycles. The predicted octanol–water partition coefficient (Wildman–Crippen LogP) is 0.850. The number of piperazine rings is 1. The van der Waals surface area contributed by atoms with Crippen molar-refractivity contribution in [2.45, 2.75) is 32.1 Å². The third-order valence-electron chi connectivity index (χ3n) is 6.43. The Morgan fingerprint density at radius 2 is 1.48 bits per heavy atom. The van der Waals surface area contributed by atoms with Gasteiger partial charge in [0.15, 0.2) is 0 Å². The van der Waals surface area contributed by atoms with Crippen molar-refractivity contribution in [3.8, 4) is 0 Å². The third kappa shape index (κ3) is 5.04. The topological polar surface area (TPSA) is 72.9 Å². The maximum atomic E-state index is 12.8. The van der Waals surface area contributed by atoms with Gasteiger partial charge in [-0.05, 0) is 25.3 Å². The number of hydrogen-bond acceptors (Lipinski definition) is 6. The van der Waals surface area contributed by atoms with Crippen LogP contribution in [0, 0.1) is 5.92 Å². The first-order valence-electron chi connectivity index (χ1n) is 11.0. The van der Waals surface area contributed by atoms with Gasteiger partial charge in [-0.2, -0.15) is 0 Å². The lowest BCUT2D eigenvalue weighted by atomic mass is 10.1. The molecular weight excluding hydrogens is 368 g/mol. The van der Waals surface area contributed by atoms with Gasteiger partial charge in [-0.3, -0.25) is 14.5 Å². The van der Waals surface area contributed by atoms with Crippen LogP contribution in [-0.4, -0.2) is 95.4 Å². The summed E-state index contributed by atoms with van der Waals surface area (Å²) in [7, 11) is 0. The quantitative estimate of drug-likeness (QED) is 0.746. The highest BCUT2D eigenvalue weighted by atomic mass is 16.2. The summed E-state index contributed by atoms with van der Waals surface area (Å²) < 4.78 is 0. The SMILES string of the molecule is O=C(CN1CCN(c2ncccn2)CC1)N1CCCN(C(=O)C2CCCC2)CC1. The summed E-state index contributed by atoms with van der Waals surface area (Å²) >= 11 is 0. The molecule has 3 aliphatic rings. The first-order chi connectivity index (χ1) is 14.2. The standard InChI is InChI=1S/C21H32N6O2/c28-19(17-24-11-13-27(14-12-24)21-22-7-3-8-23-21)25-9-4-10-26(16-15-25)20(29)18-5-1-2-6-18/h3,7-8,18H,1-2,4-6,9-17H2. The highest BCUT2D eigenvalue weighted by molar-refractivity contribution is 5.80. The monoisotopic (exact) mass is 400 g/mol. The minimum absolute atomic E-state index is 0.185. The van der Waals surface area contributed by atoms with Gasteiger partial charge < -0.3 is 14.7 Å².